The van der Waals surface area contributed by atoms with Crippen LogP contribution in [0, 0.1) is 5.82 Å². The van der Waals surface area contributed by atoms with Gasteiger partial charge in [0, 0.05) is 28.7 Å². The van der Waals surface area contributed by atoms with Crippen LogP contribution in [0.4, 0.5) is 4.39 Å². The zero-order valence-electron chi connectivity index (χ0n) is 16.8. The van der Waals surface area contributed by atoms with Crippen molar-refractivity contribution in [2.24, 2.45) is 5.16 Å². The highest BCUT2D eigenvalue weighted by Gasteiger charge is 2.17. The highest BCUT2D eigenvalue weighted by molar-refractivity contribution is 6.04. The molecule has 8 heteroatoms. The van der Waals surface area contributed by atoms with E-state index in [0.29, 0.717) is 34.7 Å². The Hall–Kier alpha value is -3.94. The Morgan fingerprint density at radius 1 is 1.23 bits per heavy atom. The molecule has 0 saturated carbocycles. The fourth-order valence-electron chi connectivity index (χ4n) is 3.24. The lowest BCUT2D eigenvalue weighted by Gasteiger charge is -2.07. The van der Waals surface area contributed by atoms with Crippen molar-refractivity contribution in [1.29, 1.82) is 0 Å². The lowest BCUT2D eigenvalue weighted by molar-refractivity contribution is 0.0699. The smallest absolute Gasteiger partial charge is 0.336 e. The molecule has 0 bridgehead atoms. The van der Waals surface area contributed by atoms with Gasteiger partial charge in [-0.15, -0.1) is 0 Å². The molecule has 158 valence electrons. The average molecular weight is 421 g/mol. The summed E-state index contributed by atoms with van der Waals surface area (Å²) in [7, 11) is 0. The molecule has 2 aromatic carbocycles. The van der Waals surface area contributed by atoms with E-state index in [1.807, 2.05) is 17.6 Å². The van der Waals surface area contributed by atoms with Crippen LogP contribution in [0.2, 0.25) is 0 Å². The van der Waals surface area contributed by atoms with E-state index >= 15 is 0 Å². The maximum atomic E-state index is 13.2. The molecule has 4 aromatic rings. The summed E-state index contributed by atoms with van der Waals surface area (Å²) in [5.74, 6) is -0.905. The predicted octanol–water partition coefficient (Wildman–Crippen LogP) is 4.96. The van der Waals surface area contributed by atoms with E-state index in [-0.39, 0.29) is 17.9 Å². The number of nitrogens with zero attached hydrogens (tertiary/aromatic N) is 3. The van der Waals surface area contributed by atoms with Crippen molar-refractivity contribution in [3.63, 3.8) is 0 Å². The third-order valence-electron chi connectivity index (χ3n) is 4.77. The van der Waals surface area contributed by atoms with E-state index in [2.05, 4.69) is 10.3 Å². The van der Waals surface area contributed by atoms with E-state index in [0.717, 1.165) is 11.9 Å². The van der Waals surface area contributed by atoms with Crippen molar-refractivity contribution in [2.45, 2.75) is 19.9 Å². The third kappa shape index (κ3) is 4.32. The van der Waals surface area contributed by atoms with Crippen molar-refractivity contribution < 1.29 is 23.7 Å². The van der Waals surface area contributed by atoms with Gasteiger partial charge in [-0.1, -0.05) is 23.3 Å². The van der Waals surface area contributed by atoms with Crippen molar-refractivity contribution in [2.75, 3.05) is 6.61 Å². The van der Waals surface area contributed by atoms with Crippen LogP contribution in [0.25, 0.3) is 22.2 Å². The van der Waals surface area contributed by atoms with Crippen molar-refractivity contribution in [1.82, 2.24) is 9.72 Å². The molecular weight excluding hydrogens is 401 g/mol. The molecule has 0 fully saturated rings. The molecule has 0 spiro atoms. The number of rotatable bonds is 8. The van der Waals surface area contributed by atoms with Gasteiger partial charge in [-0.3, -0.25) is 0 Å². The Morgan fingerprint density at radius 3 is 2.77 bits per heavy atom. The first-order chi connectivity index (χ1) is 15.1. The molecule has 7 nitrogen and oxygen atoms in total. The first kappa shape index (κ1) is 20.3. The second kappa shape index (κ2) is 8.83. The van der Waals surface area contributed by atoms with Crippen LogP contribution in [0.5, 0.6) is 0 Å². The minimum atomic E-state index is -0.984. The molecule has 1 N–H and O–H groups in total. The summed E-state index contributed by atoms with van der Waals surface area (Å²) in [6.45, 7) is 2.70. The number of halogens is 1. The van der Waals surface area contributed by atoms with Crippen LogP contribution in [0.15, 0.2) is 70.5 Å². The molecule has 2 aromatic heterocycles. The van der Waals surface area contributed by atoms with Crippen LogP contribution in [-0.2, 0) is 11.4 Å². The first-order valence-electron chi connectivity index (χ1n) is 9.80. The van der Waals surface area contributed by atoms with Gasteiger partial charge in [0.25, 0.3) is 0 Å². The van der Waals surface area contributed by atoms with Gasteiger partial charge in [-0.25, -0.2) is 9.18 Å². The quantitative estimate of drug-likeness (QED) is 0.247. The van der Waals surface area contributed by atoms with Gasteiger partial charge in [0.2, 0.25) is 0 Å². The van der Waals surface area contributed by atoms with Gasteiger partial charge < -0.3 is 19.0 Å². The minimum absolute atomic E-state index is 0.232. The van der Waals surface area contributed by atoms with Crippen LogP contribution in [0.3, 0.4) is 0 Å². The lowest BCUT2D eigenvalue weighted by atomic mass is 10.1. The van der Waals surface area contributed by atoms with E-state index in [1.165, 1.54) is 12.1 Å². The second-order valence-corrected chi connectivity index (χ2v) is 6.94. The van der Waals surface area contributed by atoms with Crippen LogP contribution in [-0.4, -0.2) is 33.1 Å². The molecule has 0 amide bonds. The number of aromatic carboxylic acids is 1. The fourth-order valence-corrected chi connectivity index (χ4v) is 3.24. The summed E-state index contributed by atoms with van der Waals surface area (Å²) < 4.78 is 20.6. The molecule has 2 heterocycles. The number of aromatic nitrogens is 2. The summed E-state index contributed by atoms with van der Waals surface area (Å²) in [6, 6.07) is 14.5. The van der Waals surface area contributed by atoms with Gasteiger partial charge >= 0.3 is 5.97 Å². The van der Waals surface area contributed by atoms with E-state index in [1.54, 1.807) is 42.6 Å². The Balaban J connectivity index is 1.68. The van der Waals surface area contributed by atoms with Crippen LogP contribution in [0.1, 0.15) is 29.5 Å². The number of benzene rings is 2. The summed E-state index contributed by atoms with van der Waals surface area (Å²) >= 11 is 0. The molecular formula is C23H20FN3O4. The largest absolute Gasteiger partial charge is 0.478 e. The van der Waals surface area contributed by atoms with Crippen LogP contribution < -0.4 is 0 Å². The van der Waals surface area contributed by atoms with Crippen LogP contribution >= 0.6 is 0 Å². The molecule has 0 saturated heterocycles. The topological polar surface area (TPSA) is 89.9 Å². The van der Waals surface area contributed by atoms with Gasteiger partial charge in [0.1, 0.15) is 23.8 Å². The zero-order valence-corrected chi connectivity index (χ0v) is 16.8. The molecule has 4 rings (SSSR count). The predicted molar refractivity (Wildman–Crippen MR) is 114 cm³/mol. The number of hydrogen-bond donors (Lipinski definition) is 1. The number of carbonyl (C=O) groups is 1. The Bertz CT molecular complexity index is 1240. The Morgan fingerprint density at radius 2 is 2.03 bits per heavy atom. The molecule has 0 aliphatic carbocycles. The molecule has 0 unspecified atom stereocenters. The number of oxime groups is 1. The van der Waals surface area contributed by atoms with E-state index < -0.39 is 5.97 Å². The van der Waals surface area contributed by atoms with E-state index in [4.69, 9.17) is 9.36 Å². The minimum Gasteiger partial charge on any atom is -0.478 e. The average Bonchev–Trinajstić information content (AvgIpc) is 3.41. The van der Waals surface area contributed by atoms with Gasteiger partial charge in [-0.05, 0) is 48.9 Å². The summed E-state index contributed by atoms with van der Waals surface area (Å²) in [6.07, 6.45) is 2.59. The molecule has 0 atom stereocenters. The number of hydrogen-bond acceptors (Lipinski definition) is 5. The highest BCUT2D eigenvalue weighted by Crippen LogP contribution is 2.23. The number of fused-ring (bicyclic) bond motifs is 1. The maximum Gasteiger partial charge on any atom is 0.336 e. The van der Waals surface area contributed by atoms with Gasteiger partial charge in [0.05, 0.1) is 12.1 Å². The van der Waals surface area contributed by atoms with Crippen molar-refractivity contribution >= 4 is 22.6 Å². The molecule has 0 radical (unpaired) electrons. The summed E-state index contributed by atoms with van der Waals surface area (Å²) in [5.41, 5.74) is 2.73. The lowest BCUT2D eigenvalue weighted by Crippen LogP contribution is -2.11. The second-order valence-electron chi connectivity index (χ2n) is 6.94. The van der Waals surface area contributed by atoms with E-state index in [9.17, 15) is 14.3 Å². The molecule has 0 aliphatic rings. The maximum absolute atomic E-state index is 13.2. The normalized spacial score (nSPS) is 11.7. The Labute approximate surface area is 177 Å². The molecule has 0 aliphatic heterocycles. The van der Waals surface area contributed by atoms with Gasteiger partial charge in [-0.2, -0.15) is 0 Å². The van der Waals surface area contributed by atoms with Gasteiger partial charge in [0.15, 0.2) is 5.76 Å². The molecule has 31 heavy (non-hydrogen) atoms. The third-order valence-corrected chi connectivity index (χ3v) is 4.77. The highest BCUT2D eigenvalue weighted by atomic mass is 19.1. The SMILES string of the molecule is CCCO/N=C(\Cn1ccc2c(C(=O)O)cccc21)c1cc(-c2ccc(F)cc2)no1. The zero-order chi connectivity index (χ0) is 21.8. The number of carboxylic acids is 1. The first-order valence-corrected chi connectivity index (χ1v) is 9.80. The van der Waals surface area contributed by atoms with Crippen molar-refractivity contribution in [3.8, 4) is 11.3 Å². The summed E-state index contributed by atoms with van der Waals surface area (Å²) in [4.78, 5) is 16.9. The van der Waals surface area contributed by atoms with Crippen molar-refractivity contribution in [3.05, 3.63) is 77.9 Å². The standard InChI is InChI=1S/C23H20FN3O4/c1-2-12-30-25-20(22-13-19(26-31-22)15-6-8-16(24)9-7-15)14-27-11-10-17-18(23(28)29)4-3-5-21(17)27/h3-11,13H,2,12,14H2,1H3,(H,28,29)/b25-20+. The Kier molecular flexibility index (Phi) is 5.79. The summed E-state index contributed by atoms with van der Waals surface area (Å²) in [5, 5.41) is 18.4. The monoisotopic (exact) mass is 421 g/mol. The fraction of sp³-hybridized carbons (Fsp3) is 0.174. The number of carboxylic acid groups (broad SMARTS) is 1.